The zero-order valence-corrected chi connectivity index (χ0v) is 27.7. The molecule has 0 amide bonds. The third kappa shape index (κ3) is 4.11. The van der Waals surface area contributed by atoms with E-state index < -0.39 is 0 Å². The summed E-state index contributed by atoms with van der Waals surface area (Å²) in [7, 11) is 0. The van der Waals surface area contributed by atoms with Gasteiger partial charge in [0.15, 0.2) is 0 Å². The Bertz CT molecular complexity index is 2780. The van der Waals surface area contributed by atoms with Crippen LogP contribution in [0.15, 0.2) is 170 Å². The predicted octanol–water partition coefficient (Wildman–Crippen LogP) is 13.6. The van der Waals surface area contributed by atoms with Crippen LogP contribution in [0.1, 0.15) is 25.0 Å². The van der Waals surface area contributed by atoms with Crippen molar-refractivity contribution in [2.24, 2.45) is 0 Å². The quantitative estimate of drug-likeness (QED) is 0.136. The topological polar surface area (TPSA) is 0 Å². The average Bonchev–Trinajstić information content (AvgIpc) is 3.40. The summed E-state index contributed by atoms with van der Waals surface area (Å²) < 4.78 is 0. The van der Waals surface area contributed by atoms with E-state index in [9.17, 15) is 0 Å². The van der Waals surface area contributed by atoms with Crippen molar-refractivity contribution in [2.75, 3.05) is 0 Å². The largest absolute Gasteiger partial charge is 0.0622 e. The van der Waals surface area contributed by atoms with Gasteiger partial charge in [-0.1, -0.05) is 172 Å². The summed E-state index contributed by atoms with van der Waals surface area (Å²) in [6.07, 6.45) is 0. The second kappa shape index (κ2) is 10.5. The summed E-state index contributed by atoms with van der Waals surface area (Å²) >= 11 is 0. The average molecular weight is 623 g/mol. The van der Waals surface area contributed by atoms with Gasteiger partial charge in [0.1, 0.15) is 0 Å². The van der Waals surface area contributed by atoms with Crippen molar-refractivity contribution in [1.82, 2.24) is 0 Å². The van der Waals surface area contributed by atoms with E-state index in [1.807, 2.05) is 0 Å². The minimum absolute atomic E-state index is 0.0366. The first-order chi connectivity index (χ1) is 24.1. The van der Waals surface area contributed by atoms with E-state index in [-0.39, 0.29) is 5.41 Å². The van der Waals surface area contributed by atoms with Crippen molar-refractivity contribution >= 4 is 43.1 Å². The number of rotatable bonds is 3. The van der Waals surface area contributed by atoms with Crippen LogP contribution < -0.4 is 0 Å². The standard InChI is InChI=1S/C49H34/c1-49(2)44-22-11-10-19-39(44)42-27-25-35-29-34(24-26-38(35)48(42)49)33-16-12-17-36(30-33)45-40-20-8-9-21-41(40)46(32-14-4-3-5-15-32)47-37-18-7-6-13-31(37)23-28-43(45)47/h3-30H,1-2H3. The lowest BCUT2D eigenvalue weighted by Crippen LogP contribution is -2.15. The summed E-state index contributed by atoms with van der Waals surface area (Å²) in [5, 5.41) is 10.3. The van der Waals surface area contributed by atoms with E-state index in [0.29, 0.717) is 0 Å². The molecule has 0 N–H and O–H groups in total. The monoisotopic (exact) mass is 622 g/mol. The Morgan fingerprint density at radius 1 is 0.347 bits per heavy atom. The van der Waals surface area contributed by atoms with Crippen LogP contribution >= 0.6 is 0 Å². The van der Waals surface area contributed by atoms with E-state index in [2.05, 4.69) is 184 Å². The number of hydrogen-bond donors (Lipinski definition) is 0. The van der Waals surface area contributed by atoms with Crippen molar-refractivity contribution in [3.63, 3.8) is 0 Å². The fraction of sp³-hybridized carbons (Fsp3) is 0.0612. The predicted molar refractivity (Wildman–Crippen MR) is 210 cm³/mol. The maximum absolute atomic E-state index is 2.40. The first-order valence-corrected chi connectivity index (χ1v) is 17.3. The molecule has 0 spiro atoms. The van der Waals surface area contributed by atoms with Crippen LogP contribution in [0.25, 0.3) is 87.6 Å². The highest BCUT2D eigenvalue weighted by Crippen LogP contribution is 2.52. The molecule has 1 aliphatic carbocycles. The van der Waals surface area contributed by atoms with E-state index in [0.717, 1.165) is 0 Å². The van der Waals surface area contributed by atoms with Gasteiger partial charge in [0.2, 0.25) is 0 Å². The van der Waals surface area contributed by atoms with Gasteiger partial charge in [-0.05, 0) is 111 Å². The van der Waals surface area contributed by atoms with Crippen LogP contribution in [0, 0.1) is 0 Å². The molecule has 0 unspecified atom stereocenters. The highest BCUT2D eigenvalue weighted by Gasteiger charge is 2.36. The van der Waals surface area contributed by atoms with Crippen molar-refractivity contribution in [3.8, 4) is 44.5 Å². The van der Waals surface area contributed by atoms with E-state index in [1.165, 1.54) is 98.7 Å². The SMILES string of the molecule is CC1(C)c2ccccc2-c2ccc3cc(-c4cccc(-c5c6ccccc6c(-c6ccccc6)c6c5ccc5ccccc56)c4)ccc3c21. The maximum atomic E-state index is 2.40. The van der Waals surface area contributed by atoms with Gasteiger partial charge in [-0.3, -0.25) is 0 Å². The third-order valence-electron chi connectivity index (χ3n) is 11.0. The summed E-state index contributed by atoms with van der Waals surface area (Å²) in [5.41, 5.74) is 13.1. The third-order valence-corrected chi connectivity index (χ3v) is 11.0. The smallest absolute Gasteiger partial charge is 0.0165 e. The summed E-state index contributed by atoms with van der Waals surface area (Å²) in [4.78, 5) is 0. The van der Waals surface area contributed by atoms with Crippen LogP contribution in [0.5, 0.6) is 0 Å². The fourth-order valence-corrected chi connectivity index (χ4v) is 8.82. The van der Waals surface area contributed by atoms with Gasteiger partial charge in [-0.15, -0.1) is 0 Å². The Balaban J connectivity index is 1.20. The number of benzene rings is 9. The zero-order valence-electron chi connectivity index (χ0n) is 27.7. The minimum Gasteiger partial charge on any atom is -0.0622 e. The first kappa shape index (κ1) is 28.1. The van der Waals surface area contributed by atoms with Crippen LogP contribution in [0.3, 0.4) is 0 Å². The van der Waals surface area contributed by atoms with Gasteiger partial charge in [0.25, 0.3) is 0 Å². The lowest BCUT2D eigenvalue weighted by molar-refractivity contribution is 0.666. The molecule has 1 aliphatic rings. The van der Waals surface area contributed by atoms with Gasteiger partial charge in [0.05, 0.1) is 0 Å². The molecule has 0 atom stereocenters. The normalized spacial score (nSPS) is 13.3. The molecule has 0 heterocycles. The number of fused-ring (bicyclic) bond motifs is 9. The second-order valence-electron chi connectivity index (χ2n) is 14.0. The van der Waals surface area contributed by atoms with Crippen molar-refractivity contribution in [1.29, 1.82) is 0 Å². The zero-order chi connectivity index (χ0) is 32.7. The van der Waals surface area contributed by atoms with Crippen LogP contribution in [0.2, 0.25) is 0 Å². The number of hydrogen-bond acceptors (Lipinski definition) is 0. The summed E-state index contributed by atoms with van der Waals surface area (Å²) in [6.45, 7) is 4.74. The van der Waals surface area contributed by atoms with Gasteiger partial charge in [-0.25, -0.2) is 0 Å². The van der Waals surface area contributed by atoms with Crippen LogP contribution in [0.4, 0.5) is 0 Å². The Kier molecular flexibility index (Phi) is 6.02. The Morgan fingerprint density at radius 3 is 1.84 bits per heavy atom. The van der Waals surface area contributed by atoms with Gasteiger partial charge in [0, 0.05) is 5.41 Å². The molecule has 0 bridgehead atoms. The van der Waals surface area contributed by atoms with Gasteiger partial charge >= 0.3 is 0 Å². The van der Waals surface area contributed by atoms with Crippen molar-refractivity contribution in [3.05, 3.63) is 181 Å². The van der Waals surface area contributed by atoms with E-state index in [1.54, 1.807) is 0 Å². The molecule has 230 valence electrons. The first-order valence-electron chi connectivity index (χ1n) is 17.3. The maximum Gasteiger partial charge on any atom is 0.0165 e. The van der Waals surface area contributed by atoms with Crippen LogP contribution in [-0.4, -0.2) is 0 Å². The van der Waals surface area contributed by atoms with E-state index >= 15 is 0 Å². The molecule has 0 aliphatic heterocycles. The molecule has 0 aromatic heterocycles. The summed E-state index contributed by atoms with van der Waals surface area (Å²) in [5.74, 6) is 0. The molecule has 10 rings (SSSR count). The van der Waals surface area contributed by atoms with E-state index in [4.69, 9.17) is 0 Å². The Hall–Kier alpha value is -5.98. The molecular formula is C49H34. The van der Waals surface area contributed by atoms with Crippen molar-refractivity contribution < 1.29 is 0 Å². The molecule has 0 heteroatoms. The second-order valence-corrected chi connectivity index (χ2v) is 14.0. The highest BCUT2D eigenvalue weighted by atomic mass is 14.4. The fourth-order valence-electron chi connectivity index (χ4n) is 8.82. The lowest BCUT2D eigenvalue weighted by Gasteiger charge is -2.23. The molecular weight excluding hydrogens is 589 g/mol. The molecule has 49 heavy (non-hydrogen) atoms. The molecule has 0 nitrogen and oxygen atoms in total. The molecule has 0 saturated carbocycles. The van der Waals surface area contributed by atoms with Gasteiger partial charge < -0.3 is 0 Å². The summed E-state index contributed by atoms with van der Waals surface area (Å²) in [6, 6.07) is 63.1. The molecule has 0 fully saturated rings. The molecule has 0 radical (unpaired) electrons. The lowest BCUT2D eigenvalue weighted by atomic mass is 9.80. The van der Waals surface area contributed by atoms with Crippen molar-refractivity contribution in [2.45, 2.75) is 19.3 Å². The highest BCUT2D eigenvalue weighted by molar-refractivity contribution is 6.28. The van der Waals surface area contributed by atoms with Gasteiger partial charge in [-0.2, -0.15) is 0 Å². The Morgan fingerprint density at radius 2 is 0.980 bits per heavy atom. The minimum atomic E-state index is -0.0366. The Labute approximate surface area is 286 Å². The molecule has 0 saturated heterocycles. The van der Waals surface area contributed by atoms with Crippen LogP contribution in [-0.2, 0) is 5.41 Å². The molecule has 9 aromatic rings. The molecule has 9 aromatic carbocycles.